The van der Waals surface area contributed by atoms with Crippen molar-refractivity contribution in [3.63, 3.8) is 0 Å². The van der Waals surface area contributed by atoms with Gasteiger partial charge in [0, 0.05) is 11.6 Å². The predicted octanol–water partition coefficient (Wildman–Crippen LogP) is 6.47. The minimum atomic E-state index is -4.59. The number of anilines is 1. The highest BCUT2D eigenvalue weighted by Gasteiger charge is 2.67. The highest BCUT2D eigenvalue weighted by molar-refractivity contribution is 6.53. The van der Waals surface area contributed by atoms with E-state index in [1.165, 1.54) is 31.4 Å². The number of hydrogen-bond acceptors (Lipinski definition) is 3. The van der Waals surface area contributed by atoms with Crippen molar-refractivity contribution in [1.82, 2.24) is 5.32 Å². The molecular formula is C20H14Cl5F3N2O3. The molecule has 13 heteroatoms. The third kappa shape index (κ3) is 5.74. The van der Waals surface area contributed by atoms with Gasteiger partial charge in [-0.05, 0) is 35.9 Å². The van der Waals surface area contributed by atoms with Crippen LogP contribution < -0.4 is 15.4 Å². The van der Waals surface area contributed by atoms with E-state index in [9.17, 15) is 22.8 Å². The van der Waals surface area contributed by atoms with Gasteiger partial charge in [0.25, 0.3) is 5.91 Å². The molecule has 2 aromatic carbocycles. The number of halogens is 8. The number of carbonyl (C=O) groups is 2. The molecule has 0 aromatic heterocycles. The van der Waals surface area contributed by atoms with Gasteiger partial charge in [-0.2, -0.15) is 13.2 Å². The second-order valence-corrected chi connectivity index (χ2v) is 9.80. The average Bonchev–Trinajstić information content (AvgIpc) is 3.29. The molecule has 0 bridgehead atoms. The van der Waals surface area contributed by atoms with Gasteiger partial charge in [0.2, 0.25) is 5.91 Å². The van der Waals surface area contributed by atoms with E-state index in [1.54, 1.807) is 5.32 Å². The van der Waals surface area contributed by atoms with E-state index in [0.29, 0.717) is 5.56 Å². The Kier molecular flexibility index (Phi) is 7.56. The Morgan fingerprint density at radius 3 is 2.21 bits per heavy atom. The highest BCUT2D eigenvalue weighted by atomic mass is 35.5. The number of rotatable bonds is 6. The van der Waals surface area contributed by atoms with E-state index < -0.39 is 40.7 Å². The number of alkyl halides is 5. The molecule has 0 spiro atoms. The first-order valence-corrected chi connectivity index (χ1v) is 11.0. The highest BCUT2D eigenvalue weighted by Crippen LogP contribution is 2.65. The molecule has 1 saturated carbocycles. The Labute approximate surface area is 211 Å². The first-order chi connectivity index (χ1) is 15.3. The number of benzene rings is 2. The number of nitrogens with one attached hydrogen (secondary N) is 2. The van der Waals surface area contributed by atoms with Crippen LogP contribution >= 0.6 is 58.0 Å². The molecule has 0 heterocycles. The lowest BCUT2D eigenvalue weighted by Crippen LogP contribution is -2.33. The monoisotopic (exact) mass is 562 g/mol. The lowest BCUT2D eigenvalue weighted by Gasteiger charge is -2.11. The number of hydrogen-bond donors (Lipinski definition) is 2. The second kappa shape index (κ2) is 9.58. The van der Waals surface area contributed by atoms with Crippen molar-refractivity contribution in [2.24, 2.45) is 5.92 Å². The Morgan fingerprint density at radius 1 is 1.06 bits per heavy atom. The summed E-state index contributed by atoms with van der Waals surface area (Å²) in [4.78, 5) is 24.9. The largest absolute Gasteiger partial charge is 0.494 e. The van der Waals surface area contributed by atoms with Crippen LogP contribution in [0.15, 0.2) is 30.3 Å². The van der Waals surface area contributed by atoms with Crippen LogP contribution in [0.25, 0.3) is 0 Å². The predicted molar refractivity (Wildman–Crippen MR) is 122 cm³/mol. The standard InChI is InChI=1S/C20H14Cl5F3N2O3/c1-33-16-12(22)4-8(5-13(16)23)14-15(20(14,24)25)18(32)30-9-2-3-11(21)10(6-9)17(31)29-7-19(26,27)28/h2-6,14-15H,7H2,1H3,(H,29,31)(H,30,32). The lowest BCUT2D eigenvalue weighted by molar-refractivity contribution is -0.123. The third-order valence-corrected chi connectivity index (χ3v) is 6.68. The molecule has 2 amide bonds. The molecule has 3 rings (SSSR count). The fourth-order valence-corrected chi connectivity index (χ4v) is 4.98. The van der Waals surface area contributed by atoms with Crippen molar-refractivity contribution in [3.05, 3.63) is 56.5 Å². The van der Waals surface area contributed by atoms with Crippen molar-refractivity contribution in [1.29, 1.82) is 0 Å². The maximum atomic E-state index is 12.8. The summed E-state index contributed by atoms with van der Waals surface area (Å²) in [7, 11) is 1.40. The summed E-state index contributed by atoms with van der Waals surface area (Å²) in [5.41, 5.74) is 0.379. The zero-order valence-electron chi connectivity index (χ0n) is 16.5. The van der Waals surface area contributed by atoms with E-state index in [1.807, 2.05) is 0 Å². The van der Waals surface area contributed by atoms with Crippen molar-refractivity contribution < 1.29 is 27.5 Å². The number of ether oxygens (including phenoxy) is 1. The van der Waals surface area contributed by atoms with Gasteiger partial charge in [0.1, 0.15) is 10.9 Å². The summed E-state index contributed by atoms with van der Waals surface area (Å²) in [6.45, 7) is -1.53. The van der Waals surface area contributed by atoms with Crippen LogP contribution in [0.3, 0.4) is 0 Å². The molecule has 1 aliphatic carbocycles. The SMILES string of the molecule is COc1c(Cl)cc(C2C(C(=O)Nc3ccc(Cl)c(C(=O)NCC(F)(F)F)c3)C2(Cl)Cl)cc1Cl. The zero-order valence-corrected chi connectivity index (χ0v) is 20.3. The second-order valence-electron chi connectivity index (χ2n) is 7.13. The van der Waals surface area contributed by atoms with Crippen LogP contribution in [0.2, 0.25) is 15.1 Å². The van der Waals surface area contributed by atoms with E-state index in [0.717, 1.165) is 6.07 Å². The molecule has 0 saturated heterocycles. The maximum Gasteiger partial charge on any atom is 0.405 e. The van der Waals surface area contributed by atoms with Crippen LogP contribution in [0.4, 0.5) is 18.9 Å². The molecule has 1 fully saturated rings. The van der Waals surface area contributed by atoms with Gasteiger partial charge in [-0.25, -0.2) is 0 Å². The van der Waals surface area contributed by atoms with Gasteiger partial charge in [0.05, 0.1) is 33.7 Å². The summed E-state index contributed by atoms with van der Waals surface area (Å²) in [6.07, 6.45) is -4.59. The maximum absolute atomic E-state index is 12.8. The molecule has 33 heavy (non-hydrogen) atoms. The molecular weight excluding hydrogens is 550 g/mol. The van der Waals surface area contributed by atoms with E-state index in [2.05, 4.69) is 5.32 Å². The molecule has 178 valence electrons. The molecule has 2 atom stereocenters. The molecule has 5 nitrogen and oxygen atoms in total. The van der Waals surface area contributed by atoms with Gasteiger partial charge in [-0.15, -0.1) is 23.2 Å². The summed E-state index contributed by atoms with van der Waals surface area (Å²) >= 11 is 30.9. The van der Waals surface area contributed by atoms with Crippen molar-refractivity contribution >= 4 is 75.5 Å². The first kappa shape index (κ1) is 26.0. The van der Waals surface area contributed by atoms with Crippen molar-refractivity contribution in [3.8, 4) is 5.75 Å². The van der Waals surface area contributed by atoms with E-state index >= 15 is 0 Å². The minimum absolute atomic E-state index is 0.0940. The fourth-order valence-electron chi connectivity index (χ4n) is 3.29. The van der Waals surface area contributed by atoms with Crippen LogP contribution in [0.1, 0.15) is 21.8 Å². The molecule has 0 radical (unpaired) electrons. The fraction of sp³-hybridized carbons (Fsp3) is 0.300. The molecule has 2 N–H and O–H groups in total. The van der Waals surface area contributed by atoms with Gasteiger partial charge >= 0.3 is 6.18 Å². The smallest absolute Gasteiger partial charge is 0.405 e. The summed E-state index contributed by atoms with van der Waals surface area (Å²) in [5, 5.41) is 4.59. The summed E-state index contributed by atoms with van der Waals surface area (Å²) in [6, 6.07) is 6.87. The Balaban J connectivity index is 1.77. The number of amides is 2. The Bertz CT molecular complexity index is 1090. The molecule has 2 aromatic rings. The lowest BCUT2D eigenvalue weighted by atomic mass is 10.1. The van der Waals surface area contributed by atoms with Crippen molar-refractivity contribution in [2.75, 3.05) is 19.0 Å². The van der Waals surface area contributed by atoms with Crippen molar-refractivity contribution in [2.45, 2.75) is 16.4 Å². The van der Waals surface area contributed by atoms with Crippen LogP contribution in [-0.4, -0.2) is 36.0 Å². The average molecular weight is 565 g/mol. The van der Waals surface area contributed by atoms with Crippen LogP contribution in [0.5, 0.6) is 5.75 Å². The first-order valence-electron chi connectivity index (χ1n) is 9.12. The van der Waals surface area contributed by atoms with Crippen LogP contribution in [-0.2, 0) is 4.79 Å². The van der Waals surface area contributed by atoms with Gasteiger partial charge in [-0.1, -0.05) is 34.8 Å². The molecule has 1 aliphatic rings. The number of methoxy groups -OCH3 is 1. The summed E-state index contributed by atoms with van der Waals surface area (Å²) in [5.74, 6) is -2.93. The molecule has 2 unspecified atom stereocenters. The van der Waals surface area contributed by atoms with Crippen LogP contribution in [0, 0.1) is 5.92 Å². The summed E-state index contributed by atoms with van der Waals surface area (Å²) < 4.78 is 40.7. The van der Waals surface area contributed by atoms with Gasteiger partial charge in [-0.3, -0.25) is 9.59 Å². The topological polar surface area (TPSA) is 67.4 Å². The van der Waals surface area contributed by atoms with Gasteiger partial charge in [0.15, 0.2) is 5.75 Å². The Morgan fingerprint density at radius 2 is 1.67 bits per heavy atom. The normalized spacial score (nSPS) is 19.1. The van der Waals surface area contributed by atoms with E-state index in [-0.39, 0.29) is 32.1 Å². The minimum Gasteiger partial charge on any atom is -0.494 e. The third-order valence-electron chi connectivity index (χ3n) is 4.85. The Hall–Kier alpha value is -1.58. The van der Waals surface area contributed by atoms with E-state index in [4.69, 9.17) is 62.7 Å². The quantitative estimate of drug-likeness (QED) is 0.395. The molecule has 0 aliphatic heterocycles. The zero-order chi connectivity index (χ0) is 24.7. The number of carbonyl (C=O) groups excluding carboxylic acids is 2. The van der Waals surface area contributed by atoms with Gasteiger partial charge < -0.3 is 15.4 Å².